The number of carbonyl (C=O) groups excluding carboxylic acids is 1. The van der Waals surface area contributed by atoms with Gasteiger partial charge in [0.2, 0.25) is 0 Å². The Labute approximate surface area is 155 Å². The second kappa shape index (κ2) is 7.54. The average molecular weight is 378 g/mol. The lowest BCUT2D eigenvalue weighted by molar-refractivity contribution is -0.137. The van der Waals surface area contributed by atoms with Gasteiger partial charge in [-0.3, -0.25) is 9.78 Å². The molecule has 0 bridgehead atoms. The van der Waals surface area contributed by atoms with E-state index in [2.05, 4.69) is 14.9 Å². The molecule has 0 N–H and O–H groups in total. The highest BCUT2D eigenvalue weighted by Gasteiger charge is 2.31. The molecule has 1 aromatic carbocycles. The molecule has 0 unspecified atom stereocenters. The van der Waals surface area contributed by atoms with Crippen LogP contribution in [0.2, 0.25) is 0 Å². The zero-order valence-electron chi connectivity index (χ0n) is 15.2. The fraction of sp³-hybridized carbons (Fsp3) is 0.421. The number of hydrogen-bond donors (Lipinski definition) is 0. The van der Waals surface area contributed by atoms with Crippen molar-refractivity contribution in [3.05, 3.63) is 53.5 Å². The van der Waals surface area contributed by atoms with Gasteiger partial charge in [0.15, 0.2) is 0 Å². The van der Waals surface area contributed by atoms with E-state index in [0.717, 1.165) is 49.6 Å². The van der Waals surface area contributed by atoms with E-state index in [-0.39, 0.29) is 17.5 Å². The van der Waals surface area contributed by atoms with Gasteiger partial charge in [0.1, 0.15) is 5.82 Å². The number of anilines is 1. The van der Waals surface area contributed by atoms with Crippen molar-refractivity contribution in [1.82, 2.24) is 14.9 Å². The fourth-order valence-corrected chi connectivity index (χ4v) is 3.35. The quantitative estimate of drug-likeness (QED) is 0.820. The van der Waals surface area contributed by atoms with Gasteiger partial charge in [-0.25, -0.2) is 4.98 Å². The minimum absolute atomic E-state index is 0.0352. The number of carbonyl (C=O) groups is 1. The molecule has 1 amide bonds. The van der Waals surface area contributed by atoms with Crippen molar-refractivity contribution in [3.63, 3.8) is 0 Å². The van der Waals surface area contributed by atoms with E-state index in [4.69, 9.17) is 0 Å². The predicted octanol–water partition coefficient (Wildman–Crippen LogP) is 3.54. The number of piperidine rings is 1. The fourth-order valence-electron chi connectivity index (χ4n) is 3.35. The lowest BCUT2D eigenvalue weighted by Gasteiger charge is -2.37. The molecule has 144 valence electrons. The maximum Gasteiger partial charge on any atom is 0.416 e. The third kappa shape index (κ3) is 4.20. The number of alkyl halides is 3. The molecule has 0 atom stereocenters. The van der Waals surface area contributed by atoms with Crippen LogP contribution in [0.4, 0.5) is 19.0 Å². The van der Waals surface area contributed by atoms with Crippen molar-refractivity contribution in [1.29, 1.82) is 0 Å². The average Bonchev–Trinajstić information content (AvgIpc) is 2.67. The molecular formula is C19H21F3N4O. The summed E-state index contributed by atoms with van der Waals surface area (Å²) in [6.07, 6.45) is 0.438. The van der Waals surface area contributed by atoms with Crippen LogP contribution in [-0.2, 0) is 6.18 Å². The lowest BCUT2D eigenvalue weighted by atomic mass is 10.0. The van der Waals surface area contributed by atoms with E-state index in [9.17, 15) is 18.0 Å². The van der Waals surface area contributed by atoms with Crippen LogP contribution in [0.25, 0.3) is 0 Å². The van der Waals surface area contributed by atoms with Gasteiger partial charge in [-0.1, -0.05) is 0 Å². The molecule has 0 saturated carbocycles. The van der Waals surface area contributed by atoms with E-state index < -0.39 is 11.7 Å². The second-order valence-electron chi connectivity index (χ2n) is 6.67. The topological polar surface area (TPSA) is 49.3 Å². The largest absolute Gasteiger partial charge is 0.416 e. The molecule has 0 aliphatic carbocycles. The first-order valence-electron chi connectivity index (χ1n) is 8.74. The Kier molecular flexibility index (Phi) is 5.34. The third-order valence-corrected chi connectivity index (χ3v) is 4.95. The highest BCUT2D eigenvalue weighted by atomic mass is 19.4. The van der Waals surface area contributed by atoms with E-state index in [1.165, 1.54) is 12.1 Å². The number of amides is 1. The first-order chi connectivity index (χ1) is 12.8. The Bertz CT molecular complexity index is 799. The summed E-state index contributed by atoms with van der Waals surface area (Å²) in [5.41, 5.74) is 0.372. The van der Waals surface area contributed by atoms with Gasteiger partial charge in [0, 0.05) is 44.1 Å². The number of hydrogen-bond acceptors (Lipinski definition) is 4. The van der Waals surface area contributed by atoms with Crippen molar-refractivity contribution in [3.8, 4) is 0 Å². The van der Waals surface area contributed by atoms with Crippen LogP contribution in [0.1, 0.15) is 34.5 Å². The number of nitrogens with zero attached hydrogens (tertiary/aromatic N) is 4. The predicted molar refractivity (Wildman–Crippen MR) is 95.5 cm³/mol. The number of aryl methyl sites for hydroxylation is 1. The van der Waals surface area contributed by atoms with Crippen molar-refractivity contribution in [2.45, 2.75) is 32.0 Å². The smallest absolute Gasteiger partial charge is 0.355 e. The second-order valence-corrected chi connectivity index (χ2v) is 6.67. The lowest BCUT2D eigenvalue weighted by Crippen LogP contribution is -2.46. The summed E-state index contributed by atoms with van der Waals surface area (Å²) in [6.45, 7) is 3.40. The molecule has 1 aliphatic heterocycles. The van der Waals surface area contributed by atoms with Gasteiger partial charge >= 0.3 is 6.18 Å². The van der Waals surface area contributed by atoms with Crippen LogP contribution in [0.3, 0.4) is 0 Å². The SMILES string of the molecule is Cc1nccnc1N1CCC(N(C)C(=O)c2ccc(C(F)(F)F)cc2)CC1. The van der Waals surface area contributed by atoms with Crippen LogP contribution in [-0.4, -0.2) is 47.0 Å². The van der Waals surface area contributed by atoms with Crippen LogP contribution < -0.4 is 4.90 Å². The molecule has 1 aliphatic rings. The molecule has 1 aromatic heterocycles. The summed E-state index contributed by atoms with van der Waals surface area (Å²) >= 11 is 0. The monoisotopic (exact) mass is 378 g/mol. The van der Waals surface area contributed by atoms with Crippen LogP contribution in [0, 0.1) is 6.92 Å². The maximum absolute atomic E-state index is 12.7. The minimum Gasteiger partial charge on any atom is -0.355 e. The Balaban J connectivity index is 1.62. The minimum atomic E-state index is -4.40. The summed E-state index contributed by atoms with van der Waals surface area (Å²) in [6, 6.07) is 4.40. The summed E-state index contributed by atoms with van der Waals surface area (Å²) in [5.74, 6) is 0.588. The Morgan fingerprint density at radius 2 is 1.70 bits per heavy atom. The van der Waals surface area contributed by atoms with Gasteiger partial charge < -0.3 is 9.80 Å². The molecule has 0 spiro atoms. The van der Waals surface area contributed by atoms with Crippen LogP contribution in [0.5, 0.6) is 0 Å². The Morgan fingerprint density at radius 1 is 1.11 bits per heavy atom. The van der Waals surface area contributed by atoms with Crippen molar-refractivity contribution >= 4 is 11.7 Å². The maximum atomic E-state index is 12.7. The van der Waals surface area contributed by atoms with E-state index in [1.807, 2.05) is 6.92 Å². The molecule has 2 aromatic rings. The standard InChI is InChI=1S/C19H21F3N4O/c1-13-17(24-10-9-23-13)26-11-7-16(8-12-26)25(2)18(27)14-3-5-15(6-4-14)19(20,21)22/h3-6,9-10,16H,7-8,11-12H2,1-2H3. The van der Waals surface area contributed by atoms with Gasteiger partial charge in [-0.15, -0.1) is 0 Å². The number of aromatic nitrogens is 2. The van der Waals surface area contributed by atoms with E-state index in [0.29, 0.717) is 0 Å². The molecule has 3 rings (SSSR count). The highest BCUT2D eigenvalue weighted by molar-refractivity contribution is 5.94. The highest BCUT2D eigenvalue weighted by Crippen LogP contribution is 2.29. The normalized spacial score (nSPS) is 15.7. The first kappa shape index (κ1) is 19.1. The van der Waals surface area contributed by atoms with Gasteiger partial charge in [0.25, 0.3) is 5.91 Å². The molecule has 27 heavy (non-hydrogen) atoms. The Hall–Kier alpha value is -2.64. The number of halogens is 3. The summed E-state index contributed by atoms with van der Waals surface area (Å²) in [7, 11) is 1.70. The number of rotatable bonds is 3. The van der Waals surface area contributed by atoms with Crippen LogP contribution >= 0.6 is 0 Å². The zero-order valence-corrected chi connectivity index (χ0v) is 15.2. The molecule has 0 radical (unpaired) electrons. The third-order valence-electron chi connectivity index (χ3n) is 4.95. The van der Waals surface area contributed by atoms with Gasteiger partial charge in [-0.2, -0.15) is 13.2 Å². The molecule has 2 heterocycles. The summed E-state index contributed by atoms with van der Waals surface area (Å²) in [4.78, 5) is 25.0. The van der Waals surface area contributed by atoms with Gasteiger partial charge in [0.05, 0.1) is 11.3 Å². The summed E-state index contributed by atoms with van der Waals surface area (Å²) in [5, 5.41) is 0. The van der Waals surface area contributed by atoms with E-state index in [1.54, 1.807) is 24.3 Å². The zero-order chi connectivity index (χ0) is 19.6. The van der Waals surface area contributed by atoms with Crippen molar-refractivity contribution in [2.24, 2.45) is 0 Å². The molecule has 1 fully saturated rings. The first-order valence-corrected chi connectivity index (χ1v) is 8.74. The molecule has 8 heteroatoms. The molecule has 1 saturated heterocycles. The van der Waals surface area contributed by atoms with E-state index >= 15 is 0 Å². The summed E-state index contributed by atoms with van der Waals surface area (Å²) < 4.78 is 38.0. The van der Waals surface area contributed by atoms with Crippen molar-refractivity contribution in [2.75, 3.05) is 25.0 Å². The van der Waals surface area contributed by atoms with Gasteiger partial charge in [-0.05, 0) is 44.0 Å². The molecular weight excluding hydrogens is 357 g/mol. The van der Waals surface area contributed by atoms with Crippen molar-refractivity contribution < 1.29 is 18.0 Å². The van der Waals surface area contributed by atoms with Crippen LogP contribution in [0.15, 0.2) is 36.7 Å². The Morgan fingerprint density at radius 3 is 2.26 bits per heavy atom. The molecule has 5 nitrogen and oxygen atoms in total. The number of benzene rings is 1.